The van der Waals surface area contributed by atoms with E-state index < -0.39 is 0 Å². The highest BCUT2D eigenvalue weighted by molar-refractivity contribution is 5.34. The van der Waals surface area contributed by atoms with E-state index in [9.17, 15) is 9.50 Å². The molecule has 0 saturated heterocycles. The zero-order valence-electron chi connectivity index (χ0n) is 11.3. The molecule has 1 aliphatic carbocycles. The fraction of sp³-hybridized carbons (Fsp3) is 0.467. The number of aliphatic hydroxyl groups excluding tert-OH is 1. The van der Waals surface area contributed by atoms with Crippen molar-refractivity contribution in [2.24, 2.45) is 0 Å². The molecule has 0 bridgehead atoms. The lowest BCUT2D eigenvalue weighted by Crippen LogP contribution is -2.12. The fourth-order valence-electron chi connectivity index (χ4n) is 2.99. The third-order valence-corrected chi connectivity index (χ3v) is 3.99. The van der Waals surface area contributed by atoms with Crippen molar-refractivity contribution in [2.45, 2.75) is 44.6 Å². The van der Waals surface area contributed by atoms with Gasteiger partial charge in [0.2, 0.25) is 0 Å². The Morgan fingerprint density at radius 1 is 1.15 bits per heavy atom. The Balaban J connectivity index is 2.02. The second-order valence-corrected chi connectivity index (χ2v) is 5.30. The molecule has 0 aliphatic heterocycles. The van der Waals surface area contributed by atoms with Crippen LogP contribution in [0.5, 0.6) is 0 Å². The van der Waals surface area contributed by atoms with Crippen LogP contribution in [-0.4, -0.2) is 20.1 Å². The zero-order chi connectivity index (χ0) is 13.9. The number of hydrogen-bond donors (Lipinski definition) is 1. The maximum absolute atomic E-state index is 13.0. The molecule has 0 radical (unpaired) electrons. The predicted molar refractivity (Wildman–Crippen MR) is 73.1 cm³/mol. The monoisotopic (exact) mass is 275 g/mol. The Hall–Kier alpha value is -1.75. The molecular formula is C15H18FN3O. The molecule has 2 aromatic rings. The molecule has 0 unspecified atom stereocenters. The van der Waals surface area contributed by atoms with Crippen molar-refractivity contribution in [3.8, 4) is 5.69 Å². The van der Waals surface area contributed by atoms with Gasteiger partial charge in [0.25, 0.3) is 0 Å². The molecule has 1 aromatic carbocycles. The van der Waals surface area contributed by atoms with Crippen molar-refractivity contribution in [3.63, 3.8) is 0 Å². The van der Waals surface area contributed by atoms with Crippen molar-refractivity contribution < 1.29 is 9.50 Å². The third kappa shape index (κ3) is 2.45. The van der Waals surface area contributed by atoms with E-state index in [-0.39, 0.29) is 12.4 Å². The second kappa shape index (κ2) is 5.71. The first kappa shape index (κ1) is 13.2. The average molecular weight is 275 g/mol. The molecule has 1 aliphatic rings. The minimum absolute atomic E-state index is 0.104. The number of aromatic nitrogens is 3. The summed E-state index contributed by atoms with van der Waals surface area (Å²) in [7, 11) is 0. The first-order valence-corrected chi connectivity index (χ1v) is 7.11. The summed E-state index contributed by atoms with van der Waals surface area (Å²) in [4.78, 5) is 0. The van der Waals surface area contributed by atoms with Crippen molar-refractivity contribution in [2.75, 3.05) is 0 Å². The summed E-state index contributed by atoms with van der Waals surface area (Å²) < 4.78 is 14.8. The molecule has 3 rings (SSSR count). The van der Waals surface area contributed by atoms with Crippen molar-refractivity contribution in [1.82, 2.24) is 15.0 Å². The van der Waals surface area contributed by atoms with Gasteiger partial charge in [-0.15, -0.1) is 5.10 Å². The molecule has 1 saturated carbocycles. The summed E-state index contributed by atoms with van der Waals surface area (Å²) in [6, 6.07) is 6.22. The topological polar surface area (TPSA) is 50.9 Å². The van der Waals surface area contributed by atoms with Crippen LogP contribution in [0.2, 0.25) is 0 Å². The first-order chi connectivity index (χ1) is 9.79. The summed E-state index contributed by atoms with van der Waals surface area (Å²) in [6.45, 7) is -0.104. The van der Waals surface area contributed by atoms with Crippen LogP contribution in [0.3, 0.4) is 0 Å². The Bertz CT molecular complexity index is 573. The van der Waals surface area contributed by atoms with Gasteiger partial charge < -0.3 is 5.11 Å². The minimum atomic E-state index is -0.268. The lowest BCUT2D eigenvalue weighted by molar-refractivity contribution is 0.273. The van der Waals surface area contributed by atoms with Gasteiger partial charge in [0.15, 0.2) is 0 Å². The molecule has 1 heterocycles. The number of hydrogen-bond acceptors (Lipinski definition) is 3. The molecule has 0 spiro atoms. The maximum Gasteiger partial charge on any atom is 0.123 e. The predicted octanol–water partition coefficient (Wildman–Crippen LogP) is 2.95. The smallest absolute Gasteiger partial charge is 0.123 e. The summed E-state index contributed by atoms with van der Waals surface area (Å²) >= 11 is 0. The van der Waals surface area contributed by atoms with Crippen LogP contribution in [0.1, 0.15) is 49.4 Å². The quantitative estimate of drug-likeness (QED) is 0.937. The molecule has 1 aromatic heterocycles. The van der Waals surface area contributed by atoms with E-state index in [1.807, 2.05) is 0 Å². The van der Waals surface area contributed by atoms with Crippen LogP contribution >= 0.6 is 0 Å². The number of halogens is 1. The summed E-state index contributed by atoms with van der Waals surface area (Å²) in [5.74, 6) is 0.112. The Morgan fingerprint density at radius 2 is 1.85 bits per heavy atom. The number of rotatable bonds is 3. The molecular weight excluding hydrogens is 257 g/mol. The number of benzene rings is 1. The van der Waals surface area contributed by atoms with Crippen LogP contribution in [-0.2, 0) is 6.61 Å². The lowest BCUT2D eigenvalue weighted by atomic mass is 9.86. The van der Waals surface area contributed by atoms with Gasteiger partial charge in [-0.25, -0.2) is 9.07 Å². The van der Waals surface area contributed by atoms with Gasteiger partial charge in [0.1, 0.15) is 11.5 Å². The van der Waals surface area contributed by atoms with Gasteiger partial charge in [-0.3, -0.25) is 0 Å². The minimum Gasteiger partial charge on any atom is -0.390 e. The van der Waals surface area contributed by atoms with Crippen molar-refractivity contribution in [3.05, 3.63) is 41.5 Å². The van der Waals surface area contributed by atoms with Gasteiger partial charge in [-0.05, 0) is 37.1 Å². The molecule has 1 N–H and O–H groups in total. The van der Waals surface area contributed by atoms with E-state index in [4.69, 9.17) is 0 Å². The van der Waals surface area contributed by atoms with Gasteiger partial charge in [0.05, 0.1) is 18.0 Å². The van der Waals surface area contributed by atoms with Crippen LogP contribution in [0.25, 0.3) is 5.69 Å². The largest absolute Gasteiger partial charge is 0.390 e. The fourth-order valence-corrected chi connectivity index (χ4v) is 2.99. The van der Waals surface area contributed by atoms with Gasteiger partial charge >= 0.3 is 0 Å². The third-order valence-electron chi connectivity index (χ3n) is 3.99. The highest BCUT2D eigenvalue weighted by Crippen LogP contribution is 2.34. The summed E-state index contributed by atoms with van der Waals surface area (Å²) in [5.41, 5.74) is 2.42. The number of nitrogens with zero attached hydrogens (tertiary/aromatic N) is 3. The maximum atomic E-state index is 13.0. The van der Waals surface area contributed by atoms with E-state index in [0.29, 0.717) is 11.6 Å². The summed E-state index contributed by atoms with van der Waals surface area (Å²) in [6.07, 6.45) is 5.86. The van der Waals surface area contributed by atoms with Crippen molar-refractivity contribution in [1.29, 1.82) is 0 Å². The SMILES string of the molecule is OCc1nnn(-c2ccc(F)cc2)c1C1CCCCC1. The van der Waals surface area contributed by atoms with Crippen LogP contribution in [0.15, 0.2) is 24.3 Å². The van der Waals surface area contributed by atoms with Gasteiger partial charge in [0, 0.05) is 5.92 Å². The van der Waals surface area contributed by atoms with Crippen molar-refractivity contribution >= 4 is 0 Å². The highest BCUT2D eigenvalue weighted by Gasteiger charge is 2.24. The molecule has 106 valence electrons. The Kier molecular flexibility index (Phi) is 3.78. The van der Waals surface area contributed by atoms with E-state index in [1.165, 1.54) is 31.4 Å². The van der Waals surface area contributed by atoms with Gasteiger partial charge in [-0.2, -0.15) is 0 Å². The van der Waals surface area contributed by atoms with E-state index in [2.05, 4.69) is 10.3 Å². The zero-order valence-corrected chi connectivity index (χ0v) is 11.3. The first-order valence-electron chi connectivity index (χ1n) is 7.11. The average Bonchev–Trinajstić information content (AvgIpc) is 2.93. The van der Waals surface area contributed by atoms with E-state index in [1.54, 1.807) is 16.8 Å². The number of aliphatic hydroxyl groups is 1. The molecule has 1 fully saturated rings. The molecule has 0 atom stereocenters. The van der Waals surface area contributed by atoms with Crippen LogP contribution in [0.4, 0.5) is 4.39 Å². The molecule has 5 heteroatoms. The van der Waals surface area contributed by atoms with E-state index >= 15 is 0 Å². The molecule has 4 nitrogen and oxygen atoms in total. The normalized spacial score (nSPS) is 16.5. The summed E-state index contributed by atoms with van der Waals surface area (Å²) in [5, 5.41) is 17.7. The lowest BCUT2D eigenvalue weighted by Gasteiger charge is -2.23. The standard InChI is InChI=1S/C15H18FN3O/c16-12-6-8-13(9-7-12)19-15(14(10-20)17-18-19)11-4-2-1-3-5-11/h6-9,11,20H,1-5,10H2. The van der Waals surface area contributed by atoms with Gasteiger partial charge in [-0.1, -0.05) is 24.5 Å². The second-order valence-electron chi connectivity index (χ2n) is 5.30. The van der Waals surface area contributed by atoms with Crippen LogP contribution in [0, 0.1) is 5.82 Å². The van der Waals surface area contributed by atoms with Crippen LogP contribution < -0.4 is 0 Å². The van der Waals surface area contributed by atoms with E-state index in [0.717, 1.165) is 24.2 Å². The Morgan fingerprint density at radius 3 is 2.50 bits per heavy atom. The Labute approximate surface area is 117 Å². The molecule has 20 heavy (non-hydrogen) atoms. The molecule has 0 amide bonds. The highest BCUT2D eigenvalue weighted by atomic mass is 19.1.